The number of carbonyl (C=O) groups excluding carboxylic acids is 1. The number of hydrogen-bond donors (Lipinski definition) is 2. The first kappa shape index (κ1) is 18.7. The molecule has 1 aliphatic rings. The number of hydrogen-bond acceptors (Lipinski definition) is 7. The first-order valence-corrected chi connectivity index (χ1v) is 10.5. The van der Waals surface area contributed by atoms with Gasteiger partial charge in [-0.05, 0) is 29.1 Å². The second kappa shape index (κ2) is 7.76. The van der Waals surface area contributed by atoms with Crippen LogP contribution in [0.5, 0.6) is 17.2 Å². The molecule has 1 aliphatic heterocycles. The van der Waals surface area contributed by atoms with Gasteiger partial charge in [0, 0.05) is 10.4 Å². The minimum Gasteiger partial charge on any atom is -0.502 e. The summed E-state index contributed by atoms with van der Waals surface area (Å²) >= 11 is 3.14. The Hall–Kier alpha value is -2.65. The third-order valence-electron chi connectivity index (χ3n) is 4.48. The van der Waals surface area contributed by atoms with E-state index < -0.39 is 0 Å². The lowest BCUT2D eigenvalue weighted by molar-refractivity contribution is -0.113. The number of rotatable bonds is 5. The molecule has 0 radical (unpaired) electrons. The molecule has 0 aliphatic carbocycles. The van der Waals surface area contributed by atoms with E-state index in [2.05, 4.69) is 10.4 Å². The molecular weight excluding hydrogens is 398 g/mol. The molecule has 0 saturated heterocycles. The summed E-state index contributed by atoms with van der Waals surface area (Å²) in [5, 5.41) is 19.6. The first-order valence-electron chi connectivity index (χ1n) is 8.55. The molecule has 7 nitrogen and oxygen atoms in total. The highest BCUT2D eigenvalue weighted by molar-refractivity contribution is 8.00. The van der Waals surface area contributed by atoms with E-state index in [1.807, 2.05) is 22.2 Å². The van der Waals surface area contributed by atoms with Gasteiger partial charge in [0.1, 0.15) is 5.82 Å². The van der Waals surface area contributed by atoms with Crippen molar-refractivity contribution in [3.63, 3.8) is 0 Å². The van der Waals surface area contributed by atoms with Gasteiger partial charge in [-0.3, -0.25) is 4.79 Å². The van der Waals surface area contributed by atoms with Crippen molar-refractivity contribution in [2.24, 2.45) is 0 Å². The molecule has 3 aromatic rings. The zero-order valence-corrected chi connectivity index (χ0v) is 17.0. The van der Waals surface area contributed by atoms with Gasteiger partial charge in [0.2, 0.25) is 11.7 Å². The minimum atomic E-state index is -0.158. The predicted molar refractivity (Wildman–Crippen MR) is 110 cm³/mol. The maximum atomic E-state index is 12.3. The fraction of sp³-hybridized carbons (Fsp3) is 0.263. The number of thiophene rings is 1. The molecule has 0 spiro atoms. The lowest BCUT2D eigenvalue weighted by Crippen LogP contribution is -2.16. The quantitative estimate of drug-likeness (QED) is 0.661. The van der Waals surface area contributed by atoms with Gasteiger partial charge in [-0.2, -0.15) is 5.10 Å². The Morgan fingerprint density at radius 1 is 1.32 bits per heavy atom. The number of aromatic hydroxyl groups is 1. The number of thioether (sulfide) groups is 1. The molecule has 1 amide bonds. The number of aromatic nitrogens is 2. The van der Waals surface area contributed by atoms with Crippen LogP contribution in [0.15, 0.2) is 35.8 Å². The largest absolute Gasteiger partial charge is 0.502 e. The van der Waals surface area contributed by atoms with Gasteiger partial charge in [0.05, 0.1) is 38.0 Å². The molecule has 1 atom stereocenters. The predicted octanol–water partition coefficient (Wildman–Crippen LogP) is 3.49. The number of benzene rings is 1. The second-order valence-electron chi connectivity index (χ2n) is 6.20. The van der Waals surface area contributed by atoms with Gasteiger partial charge < -0.3 is 19.9 Å². The number of amides is 1. The molecule has 2 aromatic heterocycles. The first-order chi connectivity index (χ1) is 13.6. The summed E-state index contributed by atoms with van der Waals surface area (Å²) in [6.07, 6.45) is 1.79. The average molecular weight is 418 g/mol. The highest BCUT2D eigenvalue weighted by atomic mass is 32.2. The van der Waals surface area contributed by atoms with Gasteiger partial charge in [0.25, 0.3) is 0 Å². The van der Waals surface area contributed by atoms with Gasteiger partial charge in [-0.15, -0.1) is 23.1 Å². The van der Waals surface area contributed by atoms with Crippen LogP contribution in [0.2, 0.25) is 0 Å². The highest BCUT2D eigenvalue weighted by Gasteiger charge is 2.29. The lowest BCUT2D eigenvalue weighted by atomic mass is 10.0. The number of carbonyl (C=O) groups is 1. The number of nitrogens with zero attached hydrogens (tertiary/aromatic N) is 2. The van der Waals surface area contributed by atoms with Crippen LogP contribution in [-0.4, -0.2) is 40.8 Å². The van der Waals surface area contributed by atoms with Crippen LogP contribution in [0.4, 0.5) is 5.82 Å². The van der Waals surface area contributed by atoms with Crippen LogP contribution in [0, 0.1) is 0 Å². The number of ether oxygens (including phenoxy) is 2. The van der Waals surface area contributed by atoms with Crippen molar-refractivity contribution in [3.8, 4) is 17.2 Å². The van der Waals surface area contributed by atoms with Crippen LogP contribution in [-0.2, 0) is 11.3 Å². The Morgan fingerprint density at radius 2 is 2.07 bits per heavy atom. The molecule has 3 heterocycles. The van der Waals surface area contributed by atoms with Crippen molar-refractivity contribution in [1.82, 2.24) is 9.78 Å². The van der Waals surface area contributed by atoms with E-state index in [1.54, 1.807) is 29.7 Å². The van der Waals surface area contributed by atoms with Crippen LogP contribution in [0.1, 0.15) is 21.3 Å². The average Bonchev–Trinajstić information content (AvgIpc) is 3.31. The summed E-state index contributed by atoms with van der Waals surface area (Å²) in [4.78, 5) is 13.5. The Morgan fingerprint density at radius 3 is 2.71 bits per heavy atom. The van der Waals surface area contributed by atoms with Crippen LogP contribution < -0.4 is 14.8 Å². The molecule has 1 aromatic carbocycles. The van der Waals surface area contributed by atoms with E-state index in [-0.39, 0.29) is 16.9 Å². The maximum Gasteiger partial charge on any atom is 0.235 e. The third kappa shape index (κ3) is 3.43. The van der Waals surface area contributed by atoms with Gasteiger partial charge in [0.15, 0.2) is 11.5 Å². The second-order valence-corrected chi connectivity index (χ2v) is 8.32. The Bertz CT molecular complexity index is 976. The summed E-state index contributed by atoms with van der Waals surface area (Å²) < 4.78 is 12.4. The zero-order chi connectivity index (χ0) is 19.7. The summed E-state index contributed by atoms with van der Waals surface area (Å²) in [7, 11) is 2.99. The molecule has 2 N–H and O–H groups in total. The number of nitrogens with one attached hydrogen (secondary N) is 1. The third-order valence-corrected chi connectivity index (χ3v) is 6.63. The summed E-state index contributed by atoms with van der Waals surface area (Å²) in [5.74, 6) is 1.54. The number of phenols is 1. The smallest absolute Gasteiger partial charge is 0.235 e. The number of methoxy groups -OCH3 is 2. The standard InChI is InChI=1S/C19H19N3O4S2/c1-25-14-6-11(7-15(26-2)17(14)24)18-13-8-20-22(9-12-4-3-5-27-12)19(13)21-16(23)10-28-18/h3-8,18,24H,9-10H2,1-2H3,(H,21,23). The van der Waals surface area contributed by atoms with E-state index in [1.165, 1.54) is 26.0 Å². The zero-order valence-electron chi connectivity index (χ0n) is 15.3. The van der Waals surface area contributed by atoms with Crippen molar-refractivity contribution in [1.29, 1.82) is 0 Å². The van der Waals surface area contributed by atoms with Crippen LogP contribution >= 0.6 is 23.1 Å². The van der Waals surface area contributed by atoms with Crippen LogP contribution in [0.3, 0.4) is 0 Å². The number of fused-ring (bicyclic) bond motifs is 1. The monoisotopic (exact) mass is 417 g/mol. The Kier molecular flexibility index (Phi) is 5.19. The van der Waals surface area contributed by atoms with Gasteiger partial charge in [-0.25, -0.2) is 4.68 Å². The summed E-state index contributed by atoms with van der Waals surface area (Å²) in [5.41, 5.74) is 1.77. The van der Waals surface area contributed by atoms with Crippen LogP contribution in [0.25, 0.3) is 0 Å². The topological polar surface area (TPSA) is 85.6 Å². The molecule has 146 valence electrons. The van der Waals surface area contributed by atoms with E-state index in [4.69, 9.17) is 9.47 Å². The van der Waals surface area contributed by atoms with Gasteiger partial charge in [-0.1, -0.05) is 6.07 Å². The molecule has 0 bridgehead atoms. The number of phenolic OH excluding ortho intramolecular Hbond substituents is 1. The van der Waals surface area contributed by atoms with E-state index in [9.17, 15) is 9.90 Å². The van der Waals surface area contributed by atoms with Crippen molar-refractivity contribution < 1.29 is 19.4 Å². The minimum absolute atomic E-state index is 0.0461. The maximum absolute atomic E-state index is 12.3. The van der Waals surface area contributed by atoms with E-state index in [0.29, 0.717) is 29.6 Å². The summed E-state index contributed by atoms with van der Waals surface area (Å²) in [6, 6.07) is 7.57. The van der Waals surface area contributed by atoms with Crippen molar-refractivity contribution >= 4 is 34.8 Å². The van der Waals surface area contributed by atoms with Crippen molar-refractivity contribution in [2.75, 3.05) is 25.3 Å². The van der Waals surface area contributed by atoms with E-state index >= 15 is 0 Å². The summed E-state index contributed by atoms with van der Waals surface area (Å²) in [6.45, 7) is 0.590. The van der Waals surface area contributed by atoms with Gasteiger partial charge >= 0.3 is 0 Å². The fourth-order valence-corrected chi connectivity index (χ4v) is 4.91. The van der Waals surface area contributed by atoms with E-state index in [0.717, 1.165) is 16.0 Å². The molecule has 0 fully saturated rings. The molecule has 4 rings (SSSR count). The molecule has 0 saturated carbocycles. The molecule has 28 heavy (non-hydrogen) atoms. The van der Waals surface area contributed by atoms with Crippen molar-refractivity contribution in [3.05, 3.63) is 51.8 Å². The lowest BCUT2D eigenvalue weighted by Gasteiger charge is -2.17. The van der Waals surface area contributed by atoms with Crippen molar-refractivity contribution in [2.45, 2.75) is 11.8 Å². The highest BCUT2D eigenvalue weighted by Crippen LogP contribution is 2.46. The normalized spacial score (nSPS) is 16.2. The Balaban J connectivity index is 1.78. The fourth-order valence-electron chi connectivity index (χ4n) is 3.16. The molecule has 9 heteroatoms. The molecule has 1 unspecified atom stereocenters. The molecular formula is C19H19N3O4S2. The number of anilines is 1. The SMILES string of the molecule is COc1cc(C2SCC(=O)Nc3c2cnn3Cc2cccs2)cc(OC)c1O. The Labute approximate surface area is 170 Å².